The van der Waals surface area contributed by atoms with Crippen molar-refractivity contribution in [2.45, 2.75) is 18.2 Å². The van der Waals surface area contributed by atoms with Crippen LogP contribution in [0.25, 0.3) is 0 Å². The molecular formula is C22H26N4O6S. The zero-order valence-corrected chi connectivity index (χ0v) is 19.0. The molecule has 0 aromatic heterocycles. The third kappa shape index (κ3) is 6.08. The van der Waals surface area contributed by atoms with Crippen molar-refractivity contribution in [1.29, 1.82) is 0 Å². The van der Waals surface area contributed by atoms with Gasteiger partial charge in [-0.25, -0.2) is 8.42 Å². The number of hydrogen-bond acceptors (Lipinski definition) is 6. The van der Waals surface area contributed by atoms with Gasteiger partial charge in [-0.15, -0.1) is 0 Å². The maximum Gasteiger partial charge on any atom is 0.255 e. The van der Waals surface area contributed by atoms with Crippen molar-refractivity contribution in [1.82, 2.24) is 9.21 Å². The number of benzene rings is 2. The molecule has 2 aromatic rings. The summed E-state index contributed by atoms with van der Waals surface area (Å²) in [6.07, 6.45) is 0.0437. The van der Waals surface area contributed by atoms with Crippen molar-refractivity contribution in [3.63, 3.8) is 0 Å². The number of nitrogens with two attached hydrogens (primary N) is 1. The number of primary amides is 1. The van der Waals surface area contributed by atoms with Gasteiger partial charge in [0.15, 0.2) is 0 Å². The Hall–Kier alpha value is -3.44. The molecule has 3 amide bonds. The van der Waals surface area contributed by atoms with Crippen LogP contribution >= 0.6 is 0 Å². The van der Waals surface area contributed by atoms with Crippen LogP contribution in [0.2, 0.25) is 0 Å². The van der Waals surface area contributed by atoms with E-state index in [1.165, 1.54) is 35.5 Å². The van der Waals surface area contributed by atoms with Crippen LogP contribution in [0, 0.1) is 0 Å². The number of sulfonamides is 1. The van der Waals surface area contributed by atoms with Gasteiger partial charge < -0.3 is 20.7 Å². The molecule has 10 nitrogen and oxygen atoms in total. The number of para-hydroxylation sites is 2. The van der Waals surface area contributed by atoms with E-state index in [1.807, 2.05) is 0 Å². The van der Waals surface area contributed by atoms with E-state index in [4.69, 9.17) is 10.5 Å². The summed E-state index contributed by atoms with van der Waals surface area (Å²) in [6, 6.07) is 12.4. The van der Waals surface area contributed by atoms with E-state index in [0.717, 1.165) is 0 Å². The largest absolute Gasteiger partial charge is 0.491 e. The molecule has 176 valence electrons. The summed E-state index contributed by atoms with van der Waals surface area (Å²) in [7, 11) is -3.73. The Morgan fingerprint density at radius 1 is 1.00 bits per heavy atom. The van der Waals surface area contributed by atoms with E-state index in [0.29, 0.717) is 24.5 Å². The lowest BCUT2D eigenvalue weighted by molar-refractivity contribution is -0.130. The fraction of sp³-hybridized carbons (Fsp3) is 0.318. The molecule has 1 saturated heterocycles. The number of nitrogens with zero attached hydrogens (tertiary/aromatic N) is 2. The van der Waals surface area contributed by atoms with Crippen molar-refractivity contribution in [3.8, 4) is 5.75 Å². The number of ether oxygens (including phenoxy) is 1. The first kappa shape index (κ1) is 24.2. The standard InChI is InChI=1S/C22H26N4O6S/c1-16(27)25-11-13-26(14-12-25)33(30,31)18-8-6-17(7-9-18)22(29)24-19-4-2-3-5-20(19)32-15-10-21(23)28/h2-9H,10-15H2,1H3,(H2,23,28)(H,24,29). The molecule has 33 heavy (non-hydrogen) atoms. The number of piperazine rings is 1. The second-order valence-electron chi connectivity index (χ2n) is 7.45. The predicted molar refractivity (Wildman–Crippen MR) is 121 cm³/mol. The van der Waals surface area contributed by atoms with Crippen molar-refractivity contribution in [2.75, 3.05) is 38.1 Å². The molecule has 1 aliphatic rings. The molecule has 0 aliphatic carbocycles. The number of carbonyl (C=O) groups is 3. The smallest absolute Gasteiger partial charge is 0.255 e. The second kappa shape index (κ2) is 10.5. The Morgan fingerprint density at radius 2 is 1.64 bits per heavy atom. The van der Waals surface area contributed by atoms with E-state index < -0.39 is 21.8 Å². The quantitative estimate of drug-likeness (QED) is 0.586. The molecule has 3 N–H and O–H groups in total. The molecule has 0 unspecified atom stereocenters. The van der Waals surface area contributed by atoms with Gasteiger partial charge in [0.1, 0.15) is 5.75 Å². The zero-order valence-electron chi connectivity index (χ0n) is 18.2. The molecule has 0 atom stereocenters. The highest BCUT2D eigenvalue weighted by Gasteiger charge is 2.29. The van der Waals surface area contributed by atoms with E-state index in [1.54, 1.807) is 29.2 Å². The Labute approximate surface area is 192 Å². The minimum absolute atomic E-state index is 0.0437. The molecule has 0 saturated carbocycles. The van der Waals surface area contributed by atoms with Gasteiger partial charge in [0.25, 0.3) is 5.91 Å². The summed E-state index contributed by atoms with van der Waals surface area (Å²) >= 11 is 0. The van der Waals surface area contributed by atoms with E-state index >= 15 is 0 Å². The summed E-state index contributed by atoms with van der Waals surface area (Å²) in [5, 5.41) is 2.72. The molecule has 3 rings (SSSR count). The minimum atomic E-state index is -3.73. The first-order chi connectivity index (χ1) is 15.7. The van der Waals surface area contributed by atoms with Crippen molar-refractivity contribution >= 4 is 33.4 Å². The van der Waals surface area contributed by atoms with E-state index in [2.05, 4.69) is 5.32 Å². The molecule has 0 spiro atoms. The number of nitrogens with one attached hydrogen (secondary N) is 1. The second-order valence-corrected chi connectivity index (χ2v) is 9.39. The molecular weight excluding hydrogens is 448 g/mol. The molecule has 11 heteroatoms. The SMILES string of the molecule is CC(=O)N1CCN(S(=O)(=O)c2ccc(C(=O)Nc3ccccc3OCCC(N)=O)cc2)CC1. The summed E-state index contributed by atoms with van der Waals surface area (Å²) in [5.41, 5.74) is 5.78. The first-order valence-electron chi connectivity index (χ1n) is 10.4. The number of amides is 3. The van der Waals surface area contributed by atoms with Crippen molar-refractivity contribution in [3.05, 3.63) is 54.1 Å². The average molecular weight is 475 g/mol. The number of rotatable bonds is 8. The monoisotopic (exact) mass is 474 g/mol. The molecule has 0 bridgehead atoms. The summed E-state index contributed by atoms with van der Waals surface area (Å²) < 4.78 is 32.7. The lowest BCUT2D eigenvalue weighted by Gasteiger charge is -2.33. The van der Waals surface area contributed by atoms with Gasteiger partial charge in [0.05, 0.1) is 23.6 Å². The van der Waals surface area contributed by atoms with Crippen LogP contribution in [-0.4, -0.2) is 68.1 Å². The number of carbonyl (C=O) groups excluding carboxylic acids is 3. The molecule has 0 radical (unpaired) electrons. The topological polar surface area (TPSA) is 139 Å². The lowest BCUT2D eigenvalue weighted by atomic mass is 10.2. The van der Waals surface area contributed by atoms with Crippen LogP contribution in [0.15, 0.2) is 53.4 Å². The van der Waals surface area contributed by atoms with Crippen LogP contribution in [0.1, 0.15) is 23.7 Å². The molecule has 1 fully saturated rings. The predicted octanol–water partition coefficient (Wildman–Crippen LogP) is 1.05. The molecule has 1 heterocycles. The van der Waals surface area contributed by atoms with Gasteiger partial charge in [0.2, 0.25) is 21.8 Å². The Balaban J connectivity index is 1.66. The van der Waals surface area contributed by atoms with E-state index in [-0.39, 0.29) is 42.5 Å². The normalized spacial score (nSPS) is 14.5. The molecule has 2 aromatic carbocycles. The highest BCUT2D eigenvalue weighted by molar-refractivity contribution is 7.89. The van der Waals surface area contributed by atoms with Crippen molar-refractivity contribution < 1.29 is 27.5 Å². The summed E-state index contributed by atoms with van der Waals surface area (Å²) in [6.45, 7) is 2.66. The fourth-order valence-corrected chi connectivity index (χ4v) is 4.74. The van der Waals surface area contributed by atoms with E-state index in [9.17, 15) is 22.8 Å². The van der Waals surface area contributed by atoms with Crippen LogP contribution in [-0.2, 0) is 19.6 Å². The number of anilines is 1. The maximum atomic E-state index is 12.9. The van der Waals surface area contributed by atoms with Crippen LogP contribution < -0.4 is 15.8 Å². The summed E-state index contributed by atoms with van der Waals surface area (Å²) in [5.74, 6) is -0.634. The average Bonchev–Trinajstić information content (AvgIpc) is 2.80. The lowest BCUT2D eigenvalue weighted by Crippen LogP contribution is -2.49. The highest BCUT2D eigenvalue weighted by atomic mass is 32.2. The van der Waals surface area contributed by atoms with Crippen LogP contribution in [0.4, 0.5) is 5.69 Å². The Morgan fingerprint density at radius 3 is 2.24 bits per heavy atom. The van der Waals surface area contributed by atoms with Gasteiger partial charge in [0, 0.05) is 38.7 Å². The van der Waals surface area contributed by atoms with Crippen LogP contribution in [0.3, 0.4) is 0 Å². The van der Waals surface area contributed by atoms with Crippen molar-refractivity contribution in [2.24, 2.45) is 5.73 Å². The first-order valence-corrected chi connectivity index (χ1v) is 11.8. The fourth-order valence-electron chi connectivity index (χ4n) is 3.32. The minimum Gasteiger partial charge on any atom is -0.491 e. The van der Waals surface area contributed by atoms with Gasteiger partial charge in [-0.2, -0.15) is 4.31 Å². The zero-order chi connectivity index (χ0) is 24.0. The Bertz CT molecular complexity index is 1130. The number of hydrogen-bond donors (Lipinski definition) is 2. The van der Waals surface area contributed by atoms with Gasteiger partial charge >= 0.3 is 0 Å². The summed E-state index contributed by atoms with van der Waals surface area (Å²) in [4.78, 5) is 36.7. The van der Waals surface area contributed by atoms with Gasteiger partial charge in [-0.1, -0.05) is 12.1 Å². The highest BCUT2D eigenvalue weighted by Crippen LogP contribution is 2.25. The molecule has 1 aliphatic heterocycles. The third-order valence-electron chi connectivity index (χ3n) is 5.18. The maximum absolute atomic E-state index is 12.9. The third-order valence-corrected chi connectivity index (χ3v) is 7.09. The van der Waals surface area contributed by atoms with Gasteiger partial charge in [-0.05, 0) is 36.4 Å². The van der Waals surface area contributed by atoms with Gasteiger partial charge in [-0.3, -0.25) is 14.4 Å². The van der Waals surface area contributed by atoms with Crippen LogP contribution in [0.5, 0.6) is 5.75 Å². The Kier molecular flexibility index (Phi) is 7.67.